The summed E-state index contributed by atoms with van der Waals surface area (Å²) in [5.41, 5.74) is 1.43. The maximum absolute atomic E-state index is 14.0. The van der Waals surface area contributed by atoms with Crippen LogP contribution in [-0.4, -0.2) is 50.1 Å². The molecule has 1 saturated heterocycles. The summed E-state index contributed by atoms with van der Waals surface area (Å²) >= 11 is 0. The van der Waals surface area contributed by atoms with Crippen molar-refractivity contribution in [1.82, 2.24) is 4.90 Å². The molecule has 37 heavy (non-hydrogen) atoms. The van der Waals surface area contributed by atoms with Gasteiger partial charge in [-0.1, -0.05) is 12.1 Å². The van der Waals surface area contributed by atoms with Crippen molar-refractivity contribution in [3.05, 3.63) is 84.1 Å². The SMILES string of the molecule is COc1ccc(N2CCN(C(=O)c3oc4ccccc4c3NC(=O)Nc3ccc(F)cc3F)CC2)cc1. The van der Waals surface area contributed by atoms with Crippen molar-refractivity contribution in [2.24, 2.45) is 0 Å². The topological polar surface area (TPSA) is 87.1 Å². The van der Waals surface area contributed by atoms with E-state index in [1.54, 1.807) is 36.3 Å². The van der Waals surface area contributed by atoms with Crippen LogP contribution in [0.5, 0.6) is 5.75 Å². The second-order valence-corrected chi connectivity index (χ2v) is 8.48. The fourth-order valence-electron chi connectivity index (χ4n) is 4.28. The number of halogens is 2. The lowest BCUT2D eigenvalue weighted by Gasteiger charge is -2.35. The number of nitrogens with one attached hydrogen (secondary N) is 2. The van der Waals surface area contributed by atoms with Crippen molar-refractivity contribution < 1.29 is 27.5 Å². The molecule has 1 aliphatic heterocycles. The van der Waals surface area contributed by atoms with Crippen LogP contribution in [0.1, 0.15) is 10.6 Å². The molecule has 0 radical (unpaired) electrons. The molecule has 3 amide bonds. The molecule has 1 aliphatic rings. The van der Waals surface area contributed by atoms with E-state index in [-0.39, 0.29) is 23.0 Å². The van der Waals surface area contributed by atoms with Crippen molar-refractivity contribution in [2.45, 2.75) is 0 Å². The van der Waals surface area contributed by atoms with Gasteiger partial charge in [-0.15, -0.1) is 0 Å². The van der Waals surface area contributed by atoms with Crippen LogP contribution < -0.4 is 20.3 Å². The number of para-hydroxylation sites is 1. The standard InChI is InChI=1S/C27H24F2N4O4/c1-36-19-9-7-18(8-10-19)32-12-14-33(15-13-32)26(34)25-24(20-4-2-3-5-23(20)37-25)31-27(35)30-22-11-6-17(28)16-21(22)29/h2-11,16H,12-15H2,1H3,(H2,30,31,35). The largest absolute Gasteiger partial charge is 0.497 e. The Morgan fingerprint density at radius 3 is 2.35 bits per heavy atom. The van der Waals surface area contributed by atoms with Crippen molar-refractivity contribution in [3.63, 3.8) is 0 Å². The zero-order chi connectivity index (χ0) is 25.9. The maximum Gasteiger partial charge on any atom is 0.323 e. The molecule has 3 aromatic carbocycles. The number of anilines is 3. The number of carbonyl (C=O) groups excluding carboxylic acids is 2. The lowest BCUT2D eigenvalue weighted by molar-refractivity contribution is 0.0718. The predicted octanol–water partition coefficient (Wildman–Crippen LogP) is 5.33. The Kier molecular flexibility index (Phi) is 6.63. The summed E-state index contributed by atoms with van der Waals surface area (Å²) in [5, 5.41) is 5.49. The molecule has 0 bridgehead atoms. The first-order valence-corrected chi connectivity index (χ1v) is 11.7. The van der Waals surface area contributed by atoms with Gasteiger partial charge in [0.05, 0.1) is 12.8 Å². The van der Waals surface area contributed by atoms with Crippen LogP contribution in [0.15, 0.2) is 71.1 Å². The number of urea groups is 1. The molecule has 1 aromatic heterocycles. The van der Waals surface area contributed by atoms with Crippen molar-refractivity contribution >= 4 is 40.0 Å². The van der Waals surface area contributed by atoms with Crippen LogP contribution in [0.3, 0.4) is 0 Å². The van der Waals surface area contributed by atoms with E-state index in [0.717, 1.165) is 23.6 Å². The average Bonchev–Trinajstić information content (AvgIpc) is 3.28. The minimum atomic E-state index is -0.918. The van der Waals surface area contributed by atoms with E-state index in [9.17, 15) is 18.4 Å². The van der Waals surface area contributed by atoms with Crippen LogP contribution >= 0.6 is 0 Å². The minimum absolute atomic E-state index is 0.0196. The number of piperazine rings is 1. The summed E-state index contributed by atoms with van der Waals surface area (Å²) in [6.45, 7) is 2.14. The van der Waals surface area contributed by atoms with E-state index in [0.29, 0.717) is 43.2 Å². The monoisotopic (exact) mass is 506 g/mol. The van der Waals surface area contributed by atoms with Crippen LogP contribution in [0, 0.1) is 11.6 Å². The van der Waals surface area contributed by atoms with E-state index < -0.39 is 17.7 Å². The maximum atomic E-state index is 14.0. The van der Waals surface area contributed by atoms with Gasteiger partial charge >= 0.3 is 6.03 Å². The highest BCUT2D eigenvalue weighted by molar-refractivity contribution is 6.12. The minimum Gasteiger partial charge on any atom is -0.497 e. The van der Waals surface area contributed by atoms with E-state index >= 15 is 0 Å². The van der Waals surface area contributed by atoms with Crippen LogP contribution in [0.4, 0.5) is 30.6 Å². The Labute approximate surface area is 211 Å². The first kappa shape index (κ1) is 24.1. The fourth-order valence-corrected chi connectivity index (χ4v) is 4.28. The number of methoxy groups -OCH3 is 1. The quantitative estimate of drug-likeness (QED) is 0.382. The molecule has 0 aliphatic carbocycles. The molecule has 5 rings (SSSR count). The van der Waals surface area contributed by atoms with Gasteiger partial charge in [-0.25, -0.2) is 13.6 Å². The molecule has 0 spiro atoms. The van der Waals surface area contributed by atoms with E-state index in [1.165, 1.54) is 0 Å². The molecule has 10 heteroatoms. The van der Waals surface area contributed by atoms with Gasteiger partial charge in [0, 0.05) is 43.3 Å². The Morgan fingerprint density at radius 2 is 1.65 bits per heavy atom. The number of furan rings is 1. The highest BCUT2D eigenvalue weighted by Crippen LogP contribution is 2.32. The summed E-state index contributed by atoms with van der Waals surface area (Å²) in [5.74, 6) is -1.29. The van der Waals surface area contributed by atoms with Crippen molar-refractivity contribution in [2.75, 3.05) is 48.8 Å². The second-order valence-electron chi connectivity index (χ2n) is 8.48. The molecule has 2 heterocycles. The first-order chi connectivity index (χ1) is 17.9. The average molecular weight is 507 g/mol. The number of hydrogen-bond donors (Lipinski definition) is 2. The molecular weight excluding hydrogens is 482 g/mol. The van der Waals surface area contributed by atoms with Gasteiger partial charge in [0.2, 0.25) is 5.76 Å². The number of carbonyl (C=O) groups is 2. The molecular formula is C27H24F2N4O4. The third-order valence-electron chi connectivity index (χ3n) is 6.21. The zero-order valence-corrected chi connectivity index (χ0v) is 20.0. The number of hydrogen-bond acceptors (Lipinski definition) is 5. The van der Waals surface area contributed by atoms with E-state index in [1.807, 2.05) is 24.3 Å². The van der Waals surface area contributed by atoms with E-state index in [4.69, 9.17) is 9.15 Å². The first-order valence-electron chi connectivity index (χ1n) is 11.7. The highest BCUT2D eigenvalue weighted by Gasteiger charge is 2.29. The number of rotatable bonds is 5. The predicted molar refractivity (Wildman–Crippen MR) is 136 cm³/mol. The van der Waals surface area contributed by atoms with E-state index in [2.05, 4.69) is 15.5 Å². The number of benzene rings is 3. The smallest absolute Gasteiger partial charge is 0.323 e. The number of nitrogens with zero attached hydrogens (tertiary/aromatic N) is 2. The highest BCUT2D eigenvalue weighted by atomic mass is 19.1. The zero-order valence-electron chi connectivity index (χ0n) is 20.0. The molecule has 0 atom stereocenters. The number of fused-ring (bicyclic) bond motifs is 1. The number of amides is 3. The lowest BCUT2D eigenvalue weighted by atomic mass is 10.2. The van der Waals surface area contributed by atoms with Crippen LogP contribution in [-0.2, 0) is 0 Å². The molecule has 2 N–H and O–H groups in total. The third-order valence-corrected chi connectivity index (χ3v) is 6.21. The van der Waals surface area contributed by atoms with Crippen LogP contribution in [0.25, 0.3) is 11.0 Å². The van der Waals surface area contributed by atoms with Crippen molar-refractivity contribution in [3.8, 4) is 5.75 Å². The summed E-state index contributed by atoms with van der Waals surface area (Å²) in [7, 11) is 1.62. The van der Waals surface area contributed by atoms with Gasteiger partial charge in [0.25, 0.3) is 5.91 Å². The molecule has 0 unspecified atom stereocenters. The summed E-state index contributed by atoms with van der Waals surface area (Å²) in [6, 6.07) is 16.7. The Hall–Kier alpha value is -4.60. The van der Waals surface area contributed by atoms with Crippen LogP contribution in [0.2, 0.25) is 0 Å². The van der Waals surface area contributed by atoms with Gasteiger partial charge in [-0.3, -0.25) is 4.79 Å². The van der Waals surface area contributed by atoms with Gasteiger partial charge in [-0.05, 0) is 48.5 Å². The summed E-state index contributed by atoms with van der Waals surface area (Å²) in [6.07, 6.45) is 0. The van der Waals surface area contributed by atoms with Gasteiger partial charge in [0.15, 0.2) is 0 Å². The molecule has 8 nitrogen and oxygen atoms in total. The summed E-state index contributed by atoms with van der Waals surface area (Å²) in [4.78, 5) is 30.0. The molecule has 4 aromatic rings. The second kappa shape index (κ2) is 10.2. The Balaban J connectivity index is 1.33. The van der Waals surface area contributed by atoms with Crippen molar-refractivity contribution in [1.29, 1.82) is 0 Å². The number of ether oxygens (including phenoxy) is 1. The lowest BCUT2D eigenvalue weighted by Crippen LogP contribution is -2.48. The Morgan fingerprint density at radius 1 is 0.919 bits per heavy atom. The van der Waals surface area contributed by atoms with Gasteiger partial charge in [0.1, 0.15) is 28.7 Å². The van der Waals surface area contributed by atoms with Gasteiger partial charge < -0.3 is 29.6 Å². The molecule has 1 fully saturated rings. The summed E-state index contributed by atoms with van der Waals surface area (Å²) < 4.78 is 38.3. The third kappa shape index (κ3) is 5.04. The Bertz CT molecular complexity index is 1450. The normalized spacial score (nSPS) is 13.5. The molecule has 0 saturated carbocycles. The van der Waals surface area contributed by atoms with Gasteiger partial charge in [-0.2, -0.15) is 0 Å². The fraction of sp³-hybridized carbons (Fsp3) is 0.185. The molecule has 190 valence electrons.